The molecule has 0 spiro atoms. The SMILES string of the molecule is COC(=O)c1cc(NC2CCN(C(=O)OC(C)(C)C)CC2)ccc1F. The monoisotopic (exact) mass is 352 g/mol. The van der Waals surface area contributed by atoms with E-state index < -0.39 is 17.4 Å². The second-order valence-electron chi connectivity index (χ2n) is 7.07. The predicted molar refractivity (Wildman–Crippen MR) is 92.2 cm³/mol. The van der Waals surface area contributed by atoms with Gasteiger partial charge < -0.3 is 19.7 Å². The van der Waals surface area contributed by atoms with Crippen LogP contribution in [0, 0.1) is 5.82 Å². The zero-order valence-electron chi connectivity index (χ0n) is 15.1. The fourth-order valence-corrected chi connectivity index (χ4v) is 2.65. The number of likely N-dealkylation sites (tertiary alicyclic amines) is 1. The maximum absolute atomic E-state index is 13.7. The Kier molecular flexibility index (Phi) is 5.87. The van der Waals surface area contributed by atoms with Crippen LogP contribution in [0.4, 0.5) is 14.9 Å². The van der Waals surface area contributed by atoms with Gasteiger partial charge in [0.25, 0.3) is 0 Å². The van der Waals surface area contributed by atoms with Gasteiger partial charge in [-0.3, -0.25) is 0 Å². The van der Waals surface area contributed by atoms with Gasteiger partial charge in [-0.2, -0.15) is 0 Å². The molecule has 0 aliphatic carbocycles. The molecule has 138 valence electrons. The highest BCUT2D eigenvalue weighted by Crippen LogP contribution is 2.21. The maximum Gasteiger partial charge on any atom is 0.410 e. The van der Waals surface area contributed by atoms with Crippen molar-refractivity contribution in [3.8, 4) is 0 Å². The number of hydrogen-bond donors (Lipinski definition) is 1. The number of ether oxygens (including phenoxy) is 2. The lowest BCUT2D eigenvalue weighted by Gasteiger charge is -2.34. The molecule has 1 aromatic carbocycles. The van der Waals surface area contributed by atoms with Crippen molar-refractivity contribution in [2.45, 2.75) is 45.3 Å². The second-order valence-corrected chi connectivity index (χ2v) is 7.07. The van der Waals surface area contributed by atoms with Gasteiger partial charge in [-0.25, -0.2) is 14.0 Å². The fraction of sp³-hybridized carbons (Fsp3) is 0.556. The van der Waals surface area contributed by atoms with E-state index in [9.17, 15) is 14.0 Å². The van der Waals surface area contributed by atoms with Crippen molar-refractivity contribution in [3.05, 3.63) is 29.6 Å². The molecule has 1 aromatic rings. The van der Waals surface area contributed by atoms with E-state index in [4.69, 9.17) is 4.74 Å². The van der Waals surface area contributed by atoms with Crippen LogP contribution >= 0.6 is 0 Å². The minimum atomic E-state index is -0.708. The highest BCUT2D eigenvalue weighted by atomic mass is 19.1. The van der Waals surface area contributed by atoms with Gasteiger partial charge in [0, 0.05) is 24.8 Å². The van der Waals surface area contributed by atoms with Crippen molar-refractivity contribution in [1.29, 1.82) is 0 Å². The molecular formula is C18H25FN2O4. The third-order valence-corrected chi connectivity index (χ3v) is 3.89. The van der Waals surface area contributed by atoms with Crippen molar-refractivity contribution in [1.82, 2.24) is 4.90 Å². The van der Waals surface area contributed by atoms with E-state index in [1.165, 1.54) is 19.2 Å². The molecular weight excluding hydrogens is 327 g/mol. The molecule has 0 atom stereocenters. The number of piperidine rings is 1. The number of nitrogens with zero attached hydrogens (tertiary/aromatic N) is 1. The molecule has 0 saturated carbocycles. The number of methoxy groups -OCH3 is 1. The van der Waals surface area contributed by atoms with Crippen LogP contribution < -0.4 is 5.32 Å². The molecule has 1 fully saturated rings. The first-order valence-corrected chi connectivity index (χ1v) is 8.32. The molecule has 1 aliphatic rings. The number of halogens is 1. The molecule has 1 aliphatic heterocycles. The number of esters is 1. The Morgan fingerprint density at radius 2 is 1.88 bits per heavy atom. The quantitative estimate of drug-likeness (QED) is 0.844. The first kappa shape index (κ1) is 19.0. The molecule has 1 N–H and O–H groups in total. The molecule has 1 heterocycles. The van der Waals surface area contributed by atoms with Crippen LogP contribution in [0.25, 0.3) is 0 Å². The third-order valence-electron chi connectivity index (χ3n) is 3.89. The van der Waals surface area contributed by atoms with E-state index in [1.807, 2.05) is 20.8 Å². The van der Waals surface area contributed by atoms with Crippen LogP contribution in [-0.4, -0.2) is 48.8 Å². The minimum Gasteiger partial charge on any atom is -0.465 e. The number of anilines is 1. The molecule has 0 bridgehead atoms. The summed E-state index contributed by atoms with van der Waals surface area (Å²) in [6.07, 6.45) is 1.18. The minimum absolute atomic E-state index is 0.0984. The van der Waals surface area contributed by atoms with Gasteiger partial charge in [0.2, 0.25) is 0 Å². The molecule has 1 saturated heterocycles. The van der Waals surface area contributed by atoms with E-state index in [1.54, 1.807) is 11.0 Å². The lowest BCUT2D eigenvalue weighted by molar-refractivity contribution is 0.0210. The number of nitrogens with one attached hydrogen (secondary N) is 1. The van der Waals surface area contributed by atoms with E-state index >= 15 is 0 Å². The smallest absolute Gasteiger partial charge is 0.410 e. The summed E-state index contributed by atoms with van der Waals surface area (Å²) in [5.74, 6) is -1.32. The zero-order valence-corrected chi connectivity index (χ0v) is 15.1. The van der Waals surface area contributed by atoms with Gasteiger partial charge in [0.05, 0.1) is 12.7 Å². The van der Waals surface area contributed by atoms with Gasteiger partial charge in [0.15, 0.2) is 0 Å². The van der Waals surface area contributed by atoms with Gasteiger partial charge in [0.1, 0.15) is 11.4 Å². The number of carbonyl (C=O) groups is 2. The van der Waals surface area contributed by atoms with Crippen LogP contribution in [0.3, 0.4) is 0 Å². The zero-order chi connectivity index (χ0) is 18.6. The maximum atomic E-state index is 13.7. The van der Waals surface area contributed by atoms with Crippen LogP contribution in [-0.2, 0) is 9.47 Å². The number of benzene rings is 1. The third kappa shape index (κ3) is 5.34. The van der Waals surface area contributed by atoms with Crippen molar-refractivity contribution in [3.63, 3.8) is 0 Å². The van der Waals surface area contributed by atoms with Gasteiger partial charge in [-0.1, -0.05) is 0 Å². The molecule has 25 heavy (non-hydrogen) atoms. The number of amides is 1. The number of hydrogen-bond acceptors (Lipinski definition) is 5. The molecule has 0 radical (unpaired) electrons. The van der Waals surface area contributed by atoms with Crippen LogP contribution in [0.15, 0.2) is 18.2 Å². The van der Waals surface area contributed by atoms with Crippen molar-refractivity contribution < 1.29 is 23.5 Å². The summed E-state index contributed by atoms with van der Waals surface area (Å²) in [6, 6.07) is 4.41. The Morgan fingerprint density at radius 3 is 2.44 bits per heavy atom. The Hall–Kier alpha value is -2.31. The highest BCUT2D eigenvalue weighted by molar-refractivity contribution is 5.90. The molecule has 1 amide bonds. The molecule has 2 rings (SSSR count). The van der Waals surface area contributed by atoms with Crippen LogP contribution in [0.2, 0.25) is 0 Å². The average molecular weight is 352 g/mol. The van der Waals surface area contributed by atoms with Gasteiger partial charge >= 0.3 is 12.1 Å². The molecule has 0 unspecified atom stereocenters. The van der Waals surface area contributed by atoms with Crippen LogP contribution in [0.1, 0.15) is 44.0 Å². The summed E-state index contributed by atoms with van der Waals surface area (Å²) >= 11 is 0. The average Bonchev–Trinajstić information content (AvgIpc) is 2.55. The summed E-state index contributed by atoms with van der Waals surface area (Å²) in [7, 11) is 1.22. The van der Waals surface area contributed by atoms with Crippen molar-refractivity contribution in [2.75, 3.05) is 25.5 Å². The Bertz CT molecular complexity index is 634. The summed E-state index contributed by atoms with van der Waals surface area (Å²) < 4.78 is 23.6. The number of rotatable bonds is 3. The van der Waals surface area contributed by atoms with Crippen LogP contribution in [0.5, 0.6) is 0 Å². The number of carbonyl (C=O) groups excluding carboxylic acids is 2. The van der Waals surface area contributed by atoms with Gasteiger partial charge in [-0.15, -0.1) is 0 Å². The van der Waals surface area contributed by atoms with E-state index in [2.05, 4.69) is 10.1 Å². The summed E-state index contributed by atoms with van der Waals surface area (Å²) in [4.78, 5) is 25.3. The highest BCUT2D eigenvalue weighted by Gasteiger charge is 2.27. The standard InChI is InChI=1S/C18H25FN2O4/c1-18(2,3)25-17(23)21-9-7-12(8-10-21)20-13-5-6-15(19)14(11-13)16(22)24-4/h5-6,11-12,20H,7-10H2,1-4H3. The molecule has 6 nitrogen and oxygen atoms in total. The summed E-state index contributed by atoms with van der Waals surface area (Å²) in [5, 5.41) is 3.28. The topological polar surface area (TPSA) is 67.9 Å². The van der Waals surface area contributed by atoms with E-state index in [0.29, 0.717) is 18.8 Å². The Labute approximate surface area is 147 Å². The summed E-state index contributed by atoms with van der Waals surface area (Å²) in [6.45, 7) is 6.68. The summed E-state index contributed by atoms with van der Waals surface area (Å²) in [5.41, 5.74) is 0.0427. The van der Waals surface area contributed by atoms with Crippen molar-refractivity contribution >= 4 is 17.7 Å². The largest absolute Gasteiger partial charge is 0.465 e. The first-order valence-electron chi connectivity index (χ1n) is 8.32. The lowest BCUT2D eigenvalue weighted by atomic mass is 10.0. The first-order chi connectivity index (χ1) is 11.7. The normalized spacial score (nSPS) is 15.6. The second kappa shape index (κ2) is 7.72. The molecule has 0 aromatic heterocycles. The Balaban J connectivity index is 1.92. The lowest BCUT2D eigenvalue weighted by Crippen LogP contribution is -2.44. The fourth-order valence-electron chi connectivity index (χ4n) is 2.65. The van der Waals surface area contributed by atoms with Gasteiger partial charge in [-0.05, 0) is 51.8 Å². The van der Waals surface area contributed by atoms with Crippen molar-refractivity contribution in [2.24, 2.45) is 0 Å². The van der Waals surface area contributed by atoms with E-state index in [-0.39, 0.29) is 17.7 Å². The molecule has 7 heteroatoms. The van der Waals surface area contributed by atoms with E-state index in [0.717, 1.165) is 12.8 Å². The Morgan fingerprint density at radius 1 is 1.24 bits per heavy atom. The predicted octanol–water partition coefficient (Wildman–Crippen LogP) is 3.42.